The van der Waals surface area contributed by atoms with E-state index in [0.717, 1.165) is 0 Å². The Kier molecular flexibility index (Phi) is 3.49. The molecule has 0 saturated carbocycles. The van der Waals surface area contributed by atoms with Crippen LogP contribution in [0.5, 0.6) is 0 Å². The minimum atomic E-state index is -3.71. The Balaban J connectivity index is 2.24. The Hall–Kier alpha value is -1.27. The van der Waals surface area contributed by atoms with E-state index in [0.29, 0.717) is 25.3 Å². The highest BCUT2D eigenvalue weighted by Crippen LogP contribution is 2.23. The molecule has 2 amide bonds. The van der Waals surface area contributed by atoms with Crippen molar-refractivity contribution in [3.63, 3.8) is 0 Å². The van der Waals surface area contributed by atoms with Gasteiger partial charge in [0, 0.05) is 36.0 Å². The molecule has 98 valence electrons. The molecule has 1 heterocycles. The van der Waals surface area contributed by atoms with E-state index in [1.54, 1.807) is 21.9 Å². The van der Waals surface area contributed by atoms with Gasteiger partial charge in [0.2, 0.25) is 0 Å². The van der Waals surface area contributed by atoms with Gasteiger partial charge in [0.1, 0.15) is 0 Å². The maximum atomic E-state index is 11.9. The van der Waals surface area contributed by atoms with E-state index in [4.69, 9.17) is 10.7 Å². The van der Waals surface area contributed by atoms with Crippen LogP contribution in [0.3, 0.4) is 0 Å². The van der Waals surface area contributed by atoms with Gasteiger partial charge in [-0.2, -0.15) is 0 Å². The van der Waals surface area contributed by atoms with Crippen molar-refractivity contribution in [2.75, 3.05) is 24.5 Å². The summed E-state index contributed by atoms with van der Waals surface area (Å²) in [6.45, 7) is 3.89. The molecule has 0 aliphatic carbocycles. The lowest BCUT2D eigenvalue weighted by Gasteiger charge is -2.17. The van der Waals surface area contributed by atoms with Crippen LogP contribution in [0.2, 0.25) is 0 Å². The normalized spacial score (nSPS) is 16.4. The van der Waals surface area contributed by atoms with Gasteiger partial charge >= 0.3 is 6.03 Å². The SMILES string of the molecule is CCN1CCN(c2ccc(S(=O)(=O)Cl)cc2)C1=O. The first-order chi connectivity index (χ1) is 8.43. The van der Waals surface area contributed by atoms with Crippen LogP contribution >= 0.6 is 10.7 Å². The molecule has 5 nitrogen and oxygen atoms in total. The minimum Gasteiger partial charge on any atom is -0.323 e. The number of carbonyl (C=O) groups is 1. The molecular weight excluding hydrogens is 276 g/mol. The van der Waals surface area contributed by atoms with Crippen LogP contribution in [0.4, 0.5) is 10.5 Å². The first kappa shape index (κ1) is 13.2. The molecular formula is C11H13ClN2O3S. The van der Waals surface area contributed by atoms with Crippen LogP contribution in [-0.2, 0) is 9.05 Å². The van der Waals surface area contributed by atoms with Crippen molar-refractivity contribution in [1.29, 1.82) is 0 Å². The quantitative estimate of drug-likeness (QED) is 0.798. The Labute approximate surface area is 110 Å². The van der Waals surface area contributed by atoms with Crippen molar-refractivity contribution in [3.8, 4) is 0 Å². The predicted octanol–water partition coefficient (Wildman–Crippen LogP) is 1.88. The summed E-state index contributed by atoms with van der Waals surface area (Å²) in [7, 11) is 1.51. The summed E-state index contributed by atoms with van der Waals surface area (Å²) in [5.41, 5.74) is 0.681. The fourth-order valence-corrected chi connectivity index (χ4v) is 2.67. The van der Waals surface area contributed by atoms with E-state index < -0.39 is 9.05 Å². The van der Waals surface area contributed by atoms with Crippen LogP contribution < -0.4 is 4.90 Å². The molecule has 0 atom stereocenters. The molecule has 1 aliphatic rings. The zero-order valence-corrected chi connectivity index (χ0v) is 11.4. The number of nitrogens with zero attached hydrogens (tertiary/aromatic N) is 2. The Morgan fingerprint density at radius 3 is 2.28 bits per heavy atom. The number of likely N-dealkylation sites (N-methyl/N-ethyl adjacent to an activating group) is 1. The fourth-order valence-electron chi connectivity index (χ4n) is 1.90. The summed E-state index contributed by atoms with van der Waals surface area (Å²) < 4.78 is 22.2. The third kappa shape index (κ3) is 2.44. The number of hydrogen-bond acceptors (Lipinski definition) is 3. The number of amides is 2. The van der Waals surface area contributed by atoms with Gasteiger partial charge in [-0.15, -0.1) is 0 Å². The van der Waals surface area contributed by atoms with Gasteiger partial charge in [0.05, 0.1) is 4.90 Å². The summed E-state index contributed by atoms with van der Waals surface area (Å²) in [5, 5.41) is 0. The van der Waals surface area contributed by atoms with Crippen molar-refractivity contribution >= 4 is 31.5 Å². The topological polar surface area (TPSA) is 57.7 Å². The summed E-state index contributed by atoms with van der Waals surface area (Å²) >= 11 is 0. The standard InChI is InChI=1S/C11H13ClN2O3S/c1-2-13-7-8-14(11(13)15)9-3-5-10(6-4-9)18(12,16)17/h3-6H,2,7-8H2,1H3. The Morgan fingerprint density at radius 2 is 1.83 bits per heavy atom. The molecule has 0 aromatic heterocycles. The number of urea groups is 1. The fraction of sp³-hybridized carbons (Fsp3) is 0.364. The van der Waals surface area contributed by atoms with E-state index in [9.17, 15) is 13.2 Å². The Bertz CT molecular complexity index is 556. The number of hydrogen-bond donors (Lipinski definition) is 0. The molecule has 1 aliphatic heterocycles. The van der Waals surface area contributed by atoms with Crippen LogP contribution in [-0.4, -0.2) is 39.0 Å². The first-order valence-electron chi connectivity index (χ1n) is 5.54. The molecule has 2 rings (SSSR count). The summed E-state index contributed by atoms with van der Waals surface area (Å²) in [6, 6.07) is 5.93. The molecule has 0 unspecified atom stereocenters. The molecule has 1 aromatic carbocycles. The van der Waals surface area contributed by atoms with Gasteiger partial charge in [-0.25, -0.2) is 13.2 Å². The summed E-state index contributed by atoms with van der Waals surface area (Å²) in [4.78, 5) is 15.3. The highest BCUT2D eigenvalue weighted by atomic mass is 35.7. The molecule has 0 N–H and O–H groups in total. The van der Waals surface area contributed by atoms with Crippen molar-refractivity contribution in [2.45, 2.75) is 11.8 Å². The second-order valence-corrected chi connectivity index (χ2v) is 6.51. The van der Waals surface area contributed by atoms with Gasteiger partial charge in [0.15, 0.2) is 0 Å². The molecule has 0 spiro atoms. The number of rotatable bonds is 3. The summed E-state index contributed by atoms with van der Waals surface area (Å²) in [5.74, 6) is 0. The smallest absolute Gasteiger partial charge is 0.323 e. The second-order valence-electron chi connectivity index (χ2n) is 3.95. The maximum absolute atomic E-state index is 11.9. The van der Waals surface area contributed by atoms with E-state index in [-0.39, 0.29) is 10.9 Å². The third-order valence-electron chi connectivity index (χ3n) is 2.91. The van der Waals surface area contributed by atoms with Crippen LogP contribution in [0, 0.1) is 0 Å². The van der Waals surface area contributed by atoms with Gasteiger partial charge < -0.3 is 4.90 Å². The lowest BCUT2D eigenvalue weighted by Crippen LogP contribution is -2.31. The predicted molar refractivity (Wildman–Crippen MR) is 69.5 cm³/mol. The second kappa shape index (κ2) is 4.78. The van der Waals surface area contributed by atoms with Crippen molar-refractivity contribution in [1.82, 2.24) is 4.90 Å². The van der Waals surface area contributed by atoms with Gasteiger partial charge in [-0.3, -0.25) is 4.90 Å². The number of carbonyl (C=O) groups excluding carboxylic acids is 1. The average Bonchev–Trinajstić information content (AvgIpc) is 2.69. The third-order valence-corrected chi connectivity index (χ3v) is 4.28. The highest BCUT2D eigenvalue weighted by molar-refractivity contribution is 8.13. The molecule has 18 heavy (non-hydrogen) atoms. The summed E-state index contributed by atoms with van der Waals surface area (Å²) in [6.07, 6.45) is 0. The molecule has 1 fully saturated rings. The zero-order chi connectivity index (χ0) is 13.3. The number of halogens is 1. The highest BCUT2D eigenvalue weighted by Gasteiger charge is 2.28. The zero-order valence-electron chi connectivity index (χ0n) is 9.84. The lowest BCUT2D eigenvalue weighted by atomic mass is 10.3. The van der Waals surface area contributed by atoms with E-state index in [1.165, 1.54) is 12.1 Å². The number of anilines is 1. The van der Waals surface area contributed by atoms with Crippen LogP contribution in [0.1, 0.15) is 6.92 Å². The van der Waals surface area contributed by atoms with Crippen molar-refractivity contribution in [2.24, 2.45) is 0 Å². The van der Waals surface area contributed by atoms with E-state index >= 15 is 0 Å². The molecule has 0 bridgehead atoms. The lowest BCUT2D eigenvalue weighted by molar-refractivity contribution is 0.223. The molecule has 0 radical (unpaired) electrons. The first-order valence-corrected chi connectivity index (χ1v) is 7.85. The van der Waals surface area contributed by atoms with E-state index in [2.05, 4.69) is 0 Å². The van der Waals surface area contributed by atoms with Gasteiger partial charge in [-0.05, 0) is 31.2 Å². The molecule has 7 heteroatoms. The van der Waals surface area contributed by atoms with Gasteiger partial charge in [0.25, 0.3) is 9.05 Å². The van der Waals surface area contributed by atoms with E-state index in [1.807, 2.05) is 6.92 Å². The van der Waals surface area contributed by atoms with Crippen LogP contribution in [0.15, 0.2) is 29.2 Å². The minimum absolute atomic E-state index is 0.0342. The van der Waals surface area contributed by atoms with Gasteiger partial charge in [-0.1, -0.05) is 0 Å². The molecule has 1 aromatic rings. The largest absolute Gasteiger partial charge is 0.324 e. The van der Waals surface area contributed by atoms with Crippen molar-refractivity contribution in [3.05, 3.63) is 24.3 Å². The molecule has 1 saturated heterocycles. The average molecular weight is 289 g/mol. The number of benzene rings is 1. The van der Waals surface area contributed by atoms with Crippen LogP contribution in [0.25, 0.3) is 0 Å². The maximum Gasteiger partial charge on any atom is 0.324 e. The Morgan fingerprint density at radius 1 is 1.22 bits per heavy atom. The van der Waals surface area contributed by atoms with Crippen molar-refractivity contribution < 1.29 is 13.2 Å². The monoisotopic (exact) mass is 288 g/mol.